The van der Waals surface area contributed by atoms with E-state index in [9.17, 15) is 4.79 Å². The minimum atomic E-state index is -0.00550. The predicted octanol–water partition coefficient (Wildman–Crippen LogP) is 3.18. The highest BCUT2D eigenvalue weighted by molar-refractivity contribution is 8.01. The maximum atomic E-state index is 12.1. The van der Waals surface area contributed by atoms with Gasteiger partial charge in [0.2, 0.25) is 0 Å². The molecule has 0 unspecified atom stereocenters. The highest BCUT2D eigenvalue weighted by atomic mass is 32.2. The first-order valence-corrected chi connectivity index (χ1v) is 7.10. The first-order valence-electron chi connectivity index (χ1n) is 5.40. The molecule has 0 saturated carbocycles. The van der Waals surface area contributed by atoms with E-state index in [-0.39, 0.29) is 5.91 Å². The molecule has 0 fully saturated rings. The van der Waals surface area contributed by atoms with Gasteiger partial charge in [-0.15, -0.1) is 11.3 Å². The van der Waals surface area contributed by atoms with Gasteiger partial charge >= 0.3 is 0 Å². The maximum Gasteiger partial charge on any atom is 0.254 e. The van der Waals surface area contributed by atoms with Crippen LogP contribution in [0.2, 0.25) is 0 Å². The summed E-state index contributed by atoms with van der Waals surface area (Å²) < 4.78 is 1.15. The van der Waals surface area contributed by atoms with Gasteiger partial charge in [0.1, 0.15) is 0 Å². The first-order chi connectivity index (χ1) is 8.58. The highest BCUT2D eigenvalue weighted by Gasteiger charge is 2.14. The molecule has 0 aliphatic heterocycles. The lowest BCUT2D eigenvalue weighted by Gasteiger charge is -2.13. The third kappa shape index (κ3) is 2.86. The van der Waals surface area contributed by atoms with Crippen LogP contribution in [0.1, 0.15) is 10.4 Å². The second-order valence-corrected chi connectivity index (χ2v) is 6.28. The third-order valence-electron chi connectivity index (χ3n) is 2.35. The summed E-state index contributed by atoms with van der Waals surface area (Å²) in [6.07, 6.45) is 0. The number of nitrogen functional groups attached to an aromatic ring is 1. The van der Waals surface area contributed by atoms with Crippen molar-refractivity contribution < 1.29 is 4.79 Å². The standard InChI is InChI=1S/C13H14N2OS2/c1-15(2)13(16)10-6-5-9(14)8-11(10)18-12-4-3-7-17-12/h3-8H,14H2,1-2H3. The van der Waals surface area contributed by atoms with Gasteiger partial charge in [-0.3, -0.25) is 4.79 Å². The van der Waals surface area contributed by atoms with Crippen LogP contribution >= 0.6 is 23.1 Å². The summed E-state index contributed by atoms with van der Waals surface area (Å²) in [6.45, 7) is 0. The Morgan fingerprint density at radius 1 is 1.33 bits per heavy atom. The molecule has 1 heterocycles. The molecule has 2 N–H and O–H groups in total. The molecule has 1 aromatic heterocycles. The molecule has 3 nitrogen and oxygen atoms in total. The summed E-state index contributed by atoms with van der Waals surface area (Å²) in [6, 6.07) is 9.42. The van der Waals surface area contributed by atoms with Gasteiger partial charge in [-0.05, 0) is 29.6 Å². The number of amides is 1. The van der Waals surface area contributed by atoms with Crippen molar-refractivity contribution in [1.82, 2.24) is 4.90 Å². The Bertz CT molecular complexity index is 550. The van der Waals surface area contributed by atoms with Gasteiger partial charge in [0.25, 0.3) is 5.91 Å². The van der Waals surface area contributed by atoms with E-state index < -0.39 is 0 Å². The lowest BCUT2D eigenvalue weighted by atomic mass is 10.2. The number of nitrogens with two attached hydrogens (primary N) is 1. The number of nitrogens with zero attached hydrogens (tertiary/aromatic N) is 1. The molecule has 0 aliphatic rings. The molecule has 0 atom stereocenters. The van der Waals surface area contributed by atoms with Crippen LogP contribution in [0.25, 0.3) is 0 Å². The van der Waals surface area contributed by atoms with E-state index in [1.54, 1.807) is 54.2 Å². The number of thiophene rings is 1. The van der Waals surface area contributed by atoms with E-state index in [1.807, 2.05) is 23.6 Å². The molecule has 1 aromatic carbocycles. The van der Waals surface area contributed by atoms with E-state index in [0.717, 1.165) is 9.10 Å². The zero-order valence-electron chi connectivity index (χ0n) is 10.2. The topological polar surface area (TPSA) is 46.3 Å². The largest absolute Gasteiger partial charge is 0.399 e. The highest BCUT2D eigenvalue weighted by Crippen LogP contribution is 2.34. The third-order valence-corrected chi connectivity index (χ3v) is 4.44. The number of hydrogen-bond donors (Lipinski definition) is 1. The molecule has 18 heavy (non-hydrogen) atoms. The summed E-state index contributed by atoms with van der Waals surface area (Å²) in [5.74, 6) is -0.00550. The quantitative estimate of drug-likeness (QED) is 0.877. The maximum absolute atomic E-state index is 12.1. The summed E-state index contributed by atoms with van der Waals surface area (Å²) in [5, 5.41) is 2.02. The van der Waals surface area contributed by atoms with Gasteiger partial charge in [0, 0.05) is 24.7 Å². The normalized spacial score (nSPS) is 10.3. The number of benzene rings is 1. The SMILES string of the molecule is CN(C)C(=O)c1ccc(N)cc1Sc1cccs1. The second-order valence-electron chi connectivity index (χ2n) is 3.99. The van der Waals surface area contributed by atoms with Crippen molar-refractivity contribution in [2.45, 2.75) is 9.10 Å². The van der Waals surface area contributed by atoms with Crippen LogP contribution in [-0.2, 0) is 0 Å². The second kappa shape index (κ2) is 5.46. The number of rotatable bonds is 3. The number of hydrogen-bond acceptors (Lipinski definition) is 4. The van der Waals surface area contributed by atoms with Crippen LogP contribution in [0, 0.1) is 0 Å². The molecule has 5 heteroatoms. The van der Waals surface area contributed by atoms with Crippen molar-refractivity contribution in [1.29, 1.82) is 0 Å². The monoisotopic (exact) mass is 278 g/mol. The fourth-order valence-electron chi connectivity index (χ4n) is 1.47. The van der Waals surface area contributed by atoms with Gasteiger partial charge in [-0.25, -0.2) is 0 Å². The van der Waals surface area contributed by atoms with Crippen molar-refractivity contribution in [3.8, 4) is 0 Å². The van der Waals surface area contributed by atoms with E-state index in [2.05, 4.69) is 0 Å². The molecule has 0 radical (unpaired) electrons. The molecule has 0 bridgehead atoms. The van der Waals surface area contributed by atoms with Gasteiger partial charge in [0.05, 0.1) is 9.77 Å². The van der Waals surface area contributed by atoms with Crippen molar-refractivity contribution >= 4 is 34.7 Å². The molecule has 1 amide bonds. The summed E-state index contributed by atoms with van der Waals surface area (Å²) in [4.78, 5) is 14.6. The van der Waals surface area contributed by atoms with Crippen molar-refractivity contribution in [3.63, 3.8) is 0 Å². The number of carbonyl (C=O) groups excluding carboxylic acids is 1. The van der Waals surface area contributed by atoms with Crippen molar-refractivity contribution in [2.24, 2.45) is 0 Å². The molecule has 2 rings (SSSR count). The zero-order valence-corrected chi connectivity index (χ0v) is 11.8. The number of carbonyl (C=O) groups is 1. The Morgan fingerprint density at radius 2 is 2.11 bits per heavy atom. The van der Waals surface area contributed by atoms with Gasteiger partial charge in [0.15, 0.2) is 0 Å². The molecular formula is C13H14N2OS2. The lowest BCUT2D eigenvalue weighted by Crippen LogP contribution is -2.22. The van der Waals surface area contributed by atoms with Crippen LogP contribution in [0.15, 0.2) is 44.8 Å². The lowest BCUT2D eigenvalue weighted by molar-refractivity contribution is 0.0824. The van der Waals surface area contributed by atoms with E-state index in [0.29, 0.717) is 11.3 Å². The van der Waals surface area contributed by atoms with Crippen LogP contribution in [0.4, 0.5) is 5.69 Å². The minimum Gasteiger partial charge on any atom is -0.399 e. The van der Waals surface area contributed by atoms with Crippen LogP contribution in [0.3, 0.4) is 0 Å². The van der Waals surface area contributed by atoms with Crippen molar-refractivity contribution in [2.75, 3.05) is 19.8 Å². The predicted molar refractivity (Wildman–Crippen MR) is 77.3 cm³/mol. The molecule has 0 spiro atoms. The molecule has 2 aromatic rings. The Morgan fingerprint density at radius 3 is 2.72 bits per heavy atom. The Labute approximate surface area is 115 Å². The zero-order chi connectivity index (χ0) is 13.1. The van der Waals surface area contributed by atoms with E-state index in [1.165, 1.54) is 0 Å². The van der Waals surface area contributed by atoms with E-state index in [4.69, 9.17) is 5.73 Å². The fourth-order valence-corrected chi connectivity index (χ4v) is 3.37. The van der Waals surface area contributed by atoms with Crippen molar-refractivity contribution in [3.05, 3.63) is 41.3 Å². The van der Waals surface area contributed by atoms with Crippen LogP contribution < -0.4 is 5.73 Å². The number of anilines is 1. The van der Waals surface area contributed by atoms with Crippen LogP contribution in [-0.4, -0.2) is 24.9 Å². The average molecular weight is 278 g/mol. The molecule has 94 valence electrons. The average Bonchev–Trinajstić information content (AvgIpc) is 2.81. The summed E-state index contributed by atoms with van der Waals surface area (Å²) >= 11 is 3.22. The van der Waals surface area contributed by atoms with E-state index >= 15 is 0 Å². The fraction of sp³-hybridized carbons (Fsp3) is 0.154. The van der Waals surface area contributed by atoms with Gasteiger partial charge < -0.3 is 10.6 Å². The van der Waals surface area contributed by atoms with Gasteiger partial charge in [-0.1, -0.05) is 17.8 Å². The minimum absolute atomic E-state index is 0.00550. The summed E-state index contributed by atoms with van der Waals surface area (Å²) in [7, 11) is 3.50. The smallest absolute Gasteiger partial charge is 0.254 e. The Hall–Kier alpha value is -1.46. The molecular weight excluding hydrogens is 264 g/mol. The van der Waals surface area contributed by atoms with Crippen LogP contribution in [0.5, 0.6) is 0 Å². The van der Waals surface area contributed by atoms with Gasteiger partial charge in [-0.2, -0.15) is 0 Å². The summed E-state index contributed by atoms with van der Waals surface area (Å²) in [5.41, 5.74) is 7.16. The molecule has 0 saturated heterocycles. The first kappa shape index (κ1) is 13.0. The molecule has 0 aliphatic carbocycles. The Balaban J connectivity index is 2.38. The Kier molecular flexibility index (Phi) is 3.93.